The van der Waals surface area contributed by atoms with Crippen LogP contribution in [0, 0.1) is 20.8 Å². The van der Waals surface area contributed by atoms with Crippen molar-refractivity contribution in [1.29, 1.82) is 0 Å². The predicted octanol–water partition coefficient (Wildman–Crippen LogP) is 4.22. The third-order valence-corrected chi connectivity index (χ3v) is 6.51. The number of carbonyl (C=O) groups is 1. The molecule has 0 saturated carbocycles. The van der Waals surface area contributed by atoms with Crippen LogP contribution in [0.5, 0.6) is 0 Å². The number of nitrogens with one attached hydrogen (secondary N) is 1. The van der Waals surface area contributed by atoms with Gasteiger partial charge in [-0.15, -0.1) is 0 Å². The lowest BCUT2D eigenvalue weighted by atomic mass is 9.96. The summed E-state index contributed by atoms with van der Waals surface area (Å²) < 4.78 is 0. The van der Waals surface area contributed by atoms with E-state index in [0.29, 0.717) is 17.8 Å². The fourth-order valence-electron chi connectivity index (χ4n) is 4.53. The average Bonchev–Trinajstić information content (AvgIpc) is 3.48. The van der Waals surface area contributed by atoms with Crippen molar-refractivity contribution in [1.82, 2.24) is 29.9 Å². The number of H-pyrrole nitrogens is 1. The molecule has 1 fully saturated rings. The number of fused-ring (bicyclic) bond motifs is 1. The quantitative estimate of drug-likeness (QED) is 0.544. The molecular formula is C24H26N6O. The van der Waals surface area contributed by atoms with Crippen LogP contribution in [0.3, 0.4) is 0 Å². The van der Waals surface area contributed by atoms with Crippen LogP contribution >= 0.6 is 0 Å². The van der Waals surface area contributed by atoms with Crippen LogP contribution in [0.4, 0.5) is 0 Å². The minimum absolute atomic E-state index is 0.0277. The van der Waals surface area contributed by atoms with E-state index < -0.39 is 5.54 Å². The summed E-state index contributed by atoms with van der Waals surface area (Å²) in [5.74, 6) is 0.810. The van der Waals surface area contributed by atoms with Gasteiger partial charge in [-0.3, -0.25) is 4.79 Å². The van der Waals surface area contributed by atoms with Gasteiger partial charge in [0.1, 0.15) is 5.82 Å². The molecule has 2 aromatic heterocycles. The zero-order chi connectivity index (χ0) is 21.8. The fraction of sp³-hybridized carbons (Fsp3) is 0.333. The summed E-state index contributed by atoms with van der Waals surface area (Å²) in [6.45, 7) is 8.99. The summed E-state index contributed by atoms with van der Waals surface area (Å²) in [5.41, 5.74) is 6.23. The van der Waals surface area contributed by atoms with E-state index in [2.05, 4.69) is 48.1 Å². The minimum atomic E-state index is -0.502. The van der Waals surface area contributed by atoms with Crippen LogP contribution < -0.4 is 0 Å². The third kappa shape index (κ3) is 3.12. The maximum absolute atomic E-state index is 13.8. The molecule has 5 rings (SSSR count). The molecule has 31 heavy (non-hydrogen) atoms. The Bertz CT molecular complexity index is 1250. The van der Waals surface area contributed by atoms with Crippen molar-refractivity contribution in [2.24, 2.45) is 0 Å². The zero-order valence-corrected chi connectivity index (χ0v) is 18.3. The van der Waals surface area contributed by atoms with Crippen LogP contribution in [0.25, 0.3) is 16.7 Å². The standard InChI is InChI=1S/C24H26N6O/c1-15-6-7-18(21(12-15)30-25-9-10-26-30)22(31)29-11-5-8-24(29,4)23-27-19-13-16(2)17(3)14-20(19)28-23/h6-7,9-10,12-14H,5,8,11H2,1-4H3,(H,27,28). The van der Waals surface area contributed by atoms with Crippen molar-refractivity contribution < 1.29 is 4.79 Å². The predicted molar refractivity (Wildman–Crippen MR) is 119 cm³/mol. The second kappa shape index (κ2) is 7.04. The van der Waals surface area contributed by atoms with Gasteiger partial charge in [-0.25, -0.2) is 4.98 Å². The van der Waals surface area contributed by atoms with E-state index in [1.807, 2.05) is 30.0 Å². The number of likely N-dealkylation sites (tertiary alicyclic amines) is 1. The van der Waals surface area contributed by atoms with Gasteiger partial charge < -0.3 is 9.88 Å². The number of hydrogen-bond acceptors (Lipinski definition) is 4. The highest BCUT2D eigenvalue weighted by atomic mass is 16.2. The Balaban J connectivity index is 1.57. The maximum Gasteiger partial charge on any atom is 0.256 e. The Hall–Kier alpha value is -3.48. The first-order valence-corrected chi connectivity index (χ1v) is 10.6. The van der Waals surface area contributed by atoms with E-state index in [1.54, 1.807) is 12.4 Å². The molecule has 1 N–H and O–H groups in total. The Morgan fingerprint density at radius 1 is 1.06 bits per heavy atom. The molecule has 1 aliphatic rings. The van der Waals surface area contributed by atoms with Crippen molar-refractivity contribution in [3.63, 3.8) is 0 Å². The molecule has 158 valence electrons. The van der Waals surface area contributed by atoms with Gasteiger partial charge in [0, 0.05) is 6.54 Å². The van der Waals surface area contributed by atoms with Crippen LogP contribution in [-0.4, -0.2) is 42.3 Å². The van der Waals surface area contributed by atoms with E-state index in [4.69, 9.17) is 4.98 Å². The molecule has 3 heterocycles. The molecule has 0 aliphatic carbocycles. The monoisotopic (exact) mass is 414 g/mol. The number of imidazole rings is 1. The molecular weight excluding hydrogens is 388 g/mol. The van der Waals surface area contributed by atoms with Crippen LogP contribution in [-0.2, 0) is 5.54 Å². The van der Waals surface area contributed by atoms with Crippen LogP contribution in [0.1, 0.15) is 52.6 Å². The van der Waals surface area contributed by atoms with Crippen molar-refractivity contribution in [3.8, 4) is 5.69 Å². The van der Waals surface area contributed by atoms with E-state index in [-0.39, 0.29) is 5.91 Å². The third-order valence-electron chi connectivity index (χ3n) is 6.51. The molecule has 1 unspecified atom stereocenters. The molecule has 1 aliphatic heterocycles. The Morgan fingerprint density at radius 3 is 2.58 bits per heavy atom. The van der Waals surface area contributed by atoms with Gasteiger partial charge in [0.2, 0.25) is 0 Å². The van der Waals surface area contributed by atoms with Gasteiger partial charge in [0.15, 0.2) is 0 Å². The summed E-state index contributed by atoms with van der Waals surface area (Å²) >= 11 is 0. The molecule has 1 saturated heterocycles. The van der Waals surface area contributed by atoms with Crippen molar-refractivity contribution in [3.05, 3.63) is 70.8 Å². The molecule has 7 heteroatoms. The summed E-state index contributed by atoms with van der Waals surface area (Å²) in [7, 11) is 0. The summed E-state index contributed by atoms with van der Waals surface area (Å²) in [4.78, 5) is 25.7. The normalized spacial score (nSPS) is 18.8. The highest BCUT2D eigenvalue weighted by molar-refractivity contribution is 5.98. The molecule has 1 amide bonds. The summed E-state index contributed by atoms with van der Waals surface area (Å²) in [5, 5.41) is 8.51. The van der Waals surface area contributed by atoms with E-state index in [1.165, 1.54) is 15.9 Å². The minimum Gasteiger partial charge on any atom is -0.340 e. The molecule has 2 aromatic carbocycles. The van der Waals surface area contributed by atoms with E-state index in [9.17, 15) is 4.79 Å². The lowest BCUT2D eigenvalue weighted by Gasteiger charge is -2.34. The highest BCUT2D eigenvalue weighted by Crippen LogP contribution is 2.39. The second-order valence-corrected chi connectivity index (χ2v) is 8.71. The molecule has 1 atom stereocenters. The maximum atomic E-state index is 13.8. The Labute approximate surface area is 181 Å². The van der Waals surface area contributed by atoms with Gasteiger partial charge in [-0.2, -0.15) is 15.0 Å². The summed E-state index contributed by atoms with van der Waals surface area (Å²) in [6.07, 6.45) is 5.03. The van der Waals surface area contributed by atoms with Gasteiger partial charge in [0.05, 0.1) is 40.2 Å². The van der Waals surface area contributed by atoms with Crippen LogP contribution in [0.15, 0.2) is 42.7 Å². The van der Waals surface area contributed by atoms with Crippen molar-refractivity contribution >= 4 is 16.9 Å². The smallest absolute Gasteiger partial charge is 0.256 e. The van der Waals surface area contributed by atoms with Gasteiger partial charge in [-0.05, 0) is 81.5 Å². The summed E-state index contributed by atoms with van der Waals surface area (Å²) in [6, 6.07) is 10.0. The van der Waals surface area contributed by atoms with E-state index in [0.717, 1.165) is 35.3 Å². The van der Waals surface area contributed by atoms with Crippen molar-refractivity contribution in [2.75, 3.05) is 6.54 Å². The van der Waals surface area contributed by atoms with Crippen LogP contribution in [0.2, 0.25) is 0 Å². The first-order valence-electron chi connectivity index (χ1n) is 10.6. The first-order chi connectivity index (χ1) is 14.9. The number of aromatic nitrogens is 5. The molecule has 0 bridgehead atoms. The zero-order valence-electron chi connectivity index (χ0n) is 18.3. The number of nitrogens with zero attached hydrogens (tertiary/aromatic N) is 5. The largest absolute Gasteiger partial charge is 0.340 e. The SMILES string of the molecule is Cc1ccc(C(=O)N2CCCC2(C)c2nc3cc(C)c(C)cc3[nH]2)c(-n2nccn2)c1. The number of aryl methyl sites for hydroxylation is 3. The van der Waals surface area contributed by atoms with E-state index >= 15 is 0 Å². The topological polar surface area (TPSA) is 79.7 Å². The van der Waals surface area contributed by atoms with Gasteiger partial charge >= 0.3 is 0 Å². The molecule has 4 aromatic rings. The molecule has 7 nitrogen and oxygen atoms in total. The van der Waals surface area contributed by atoms with Gasteiger partial charge in [-0.1, -0.05) is 6.07 Å². The number of benzene rings is 2. The lowest BCUT2D eigenvalue weighted by molar-refractivity contribution is 0.0605. The Morgan fingerprint density at radius 2 is 1.81 bits per heavy atom. The average molecular weight is 415 g/mol. The van der Waals surface area contributed by atoms with Gasteiger partial charge in [0.25, 0.3) is 5.91 Å². The highest BCUT2D eigenvalue weighted by Gasteiger charge is 2.44. The first kappa shape index (κ1) is 19.5. The number of rotatable bonds is 3. The molecule has 0 spiro atoms. The number of hydrogen-bond donors (Lipinski definition) is 1. The Kier molecular flexibility index (Phi) is 4.43. The lowest BCUT2D eigenvalue weighted by Crippen LogP contribution is -2.44. The fourth-order valence-corrected chi connectivity index (χ4v) is 4.53. The van der Waals surface area contributed by atoms with Crippen molar-refractivity contribution in [2.45, 2.75) is 46.1 Å². The molecule has 0 radical (unpaired) electrons. The number of aromatic amines is 1. The number of amides is 1. The number of carbonyl (C=O) groups excluding carboxylic acids is 1. The second-order valence-electron chi connectivity index (χ2n) is 8.71.